The number of carbonyl (C=O) groups excluding carboxylic acids is 1. The first-order chi connectivity index (χ1) is 10.6. The van der Waals surface area contributed by atoms with Gasteiger partial charge in [0, 0.05) is 29.1 Å². The predicted molar refractivity (Wildman–Crippen MR) is 94.0 cm³/mol. The van der Waals surface area contributed by atoms with Gasteiger partial charge >= 0.3 is 6.03 Å². The number of amides is 2. The summed E-state index contributed by atoms with van der Waals surface area (Å²) in [4.78, 5) is 12.1. The van der Waals surface area contributed by atoms with Crippen molar-refractivity contribution in [2.24, 2.45) is 0 Å². The largest absolute Gasteiger partial charge is 0.338 e. The molecule has 1 saturated carbocycles. The van der Waals surface area contributed by atoms with Gasteiger partial charge in [-0.25, -0.2) is 4.79 Å². The summed E-state index contributed by atoms with van der Waals surface area (Å²) < 4.78 is 12.1. The van der Waals surface area contributed by atoms with Gasteiger partial charge in [-0.1, -0.05) is 26.7 Å². The highest BCUT2D eigenvalue weighted by Gasteiger charge is 2.30. The maximum Gasteiger partial charge on any atom is 0.315 e. The Labute approximate surface area is 139 Å². The van der Waals surface area contributed by atoms with E-state index in [0.29, 0.717) is 18.2 Å². The van der Waals surface area contributed by atoms with Gasteiger partial charge in [0.2, 0.25) is 0 Å². The number of carbonyl (C=O) groups is 1. The lowest BCUT2D eigenvalue weighted by Gasteiger charge is -2.31. The average Bonchev–Trinajstić information content (AvgIpc) is 3.07. The van der Waals surface area contributed by atoms with Gasteiger partial charge in [0.15, 0.2) is 0 Å². The van der Waals surface area contributed by atoms with Gasteiger partial charge < -0.3 is 10.6 Å². The molecule has 6 heteroatoms. The quantitative estimate of drug-likeness (QED) is 0.834. The Balaban J connectivity index is 1.81. The molecule has 1 aliphatic carbocycles. The van der Waals surface area contributed by atoms with E-state index in [2.05, 4.69) is 34.4 Å². The second kappa shape index (κ2) is 8.67. The third-order valence-electron chi connectivity index (χ3n) is 4.32. The zero-order chi connectivity index (χ0) is 15.9. The normalized spacial score (nSPS) is 24.5. The van der Waals surface area contributed by atoms with Crippen molar-refractivity contribution in [1.29, 1.82) is 0 Å². The molecule has 124 valence electrons. The van der Waals surface area contributed by atoms with Gasteiger partial charge in [-0.05, 0) is 41.1 Å². The molecule has 1 aromatic heterocycles. The summed E-state index contributed by atoms with van der Waals surface area (Å²) >= 11 is 1.67. The third-order valence-corrected chi connectivity index (χ3v) is 6.83. The molecule has 2 rings (SSSR count). The molecule has 0 aliphatic heterocycles. The average molecular weight is 343 g/mol. The van der Waals surface area contributed by atoms with Crippen LogP contribution in [0.5, 0.6) is 0 Å². The Bertz CT molecular complexity index is 490. The van der Waals surface area contributed by atoms with Crippen LogP contribution in [-0.4, -0.2) is 33.8 Å². The van der Waals surface area contributed by atoms with Gasteiger partial charge in [-0.15, -0.1) is 0 Å². The van der Waals surface area contributed by atoms with Crippen LogP contribution in [0.3, 0.4) is 0 Å². The van der Waals surface area contributed by atoms with Crippen LogP contribution >= 0.6 is 11.3 Å². The molecule has 1 aliphatic rings. The molecule has 2 N–H and O–H groups in total. The Morgan fingerprint density at radius 1 is 1.45 bits per heavy atom. The van der Waals surface area contributed by atoms with E-state index in [9.17, 15) is 9.00 Å². The summed E-state index contributed by atoms with van der Waals surface area (Å²) in [5.74, 6) is 0.976. The van der Waals surface area contributed by atoms with E-state index in [4.69, 9.17) is 0 Å². The van der Waals surface area contributed by atoms with Crippen LogP contribution in [0.4, 0.5) is 4.79 Å². The molecule has 1 heterocycles. The van der Waals surface area contributed by atoms with Crippen LogP contribution in [0.2, 0.25) is 0 Å². The molecule has 1 aromatic rings. The van der Waals surface area contributed by atoms with Crippen molar-refractivity contribution in [2.75, 3.05) is 12.3 Å². The Hall–Kier alpha value is -0.880. The third kappa shape index (κ3) is 4.81. The first kappa shape index (κ1) is 17.5. The van der Waals surface area contributed by atoms with Gasteiger partial charge in [-0.2, -0.15) is 11.3 Å². The Morgan fingerprint density at radius 2 is 2.23 bits per heavy atom. The molecule has 0 aromatic carbocycles. The van der Waals surface area contributed by atoms with Crippen molar-refractivity contribution < 1.29 is 9.00 Å². The maximum absolute atomic E-state index is 12.1. The molecule has 1 fully saturated rings. The van der Waals surface area contributed by atoms with Gasteiger partial charge in [0.25, 0.3) is 0 Å². The van der Waals surface area contributed by atoms with Crippen LogP contribution < -0.4 is 10.6 Å². The van der Waals surface area contributed by atoms with Crippen molar-refractivity contribution in [2.45, 2.75) is 56.7 Å². The van der Waals surface area contributed by atoms with E-state index in [0.717, 1.165) is 25.7 Å². The summed E-state index contributed by atoms with van der Waals surface area (Å²) in [6.07, 6.45) is 4.11. The fourth-order valence-electron chi connectivity index (χ4n) is 2.93. The van der Waals surface area contributed by atoms with Crippen LogP contribution in [0, 0.1) is 0 Å². The van der Waals surface area contributed by atoms with Gasteiger partial charge in [0.1, 0.15) is 0 Å². The van der Waals surface area contributed by atoms with Crippen LogP contribution in [0.25, 0.3) is 0 Å². The van der Waals surface area contributed by atoms with Crippen molar-refractivity contribution in [3.05, 3.63) is 22.4 Å². The number of urea groups is 1. The number of hydrogen-bond acceptors (Lipinski definition) is 3. The van der Waals surface area contributed by atoms with Crippen LogP contribution in [0.1, 0.15) is 51.0 Å². The van der Waals surface area contributed by atoms with E-state index in [1.807, 2.05) is 6.92 Å². The predicted octanol–water partition coefficient (Wildman–Crippen LogP) is 3.23. The van der Waals surface area contributed by atoms with E-state index in [-0.39, 0.29) is 17.3 Å². The summed E-state index contributed by atoms with van der Waals surface area (Å²) in [6.45, 7) is 4.68. The second-order valence-electron chi connectivity index (χ2n) is 5.91. The zero-order valence-electron chi connectivity index (χ0n) is 13.3. The molecule has 4 nitrogen and oxygen atoms in total. The highest BCUT2D eigenvalue weighted by molar-refractivity contribution is 7.85. The van der Waals surface area contributed by atoms with Crippen LogP contribution in [-0.2, 0) is 10.8 Å². The summed E-state index contributed by atoms with van der Waals surface area (Å²) in [6, 6.07) is 2.01. The van der Waals surface area contributed by atoms with E-state index in [1.165, 1.54) is 5.56 Å². The number of rotatable bonds is 6. The molecule has 0 saturated heterocycles. The topological polar surface area (TPSA) is 58.2 Å². The molecule has 4 atom stereocenters. The first-order valence-electron chi connectivity index (χ1n) is 8.05. The first-order valence-corrected chi connectivity index (χ1v) is 10.4. The summed E-state index contributed by atoms with van der Waals surface area (Å²) in [5.41, 5.74) is 1.26. The van der Waals surface area contributed by atoms with E-state index < -0.39 is 10.8 Å². The van der Waals surface area contributed by atoms with Crippen molar-refractivity contribution >= 4 is 28.2 Å². The minimum absolute atomic E-state index is 0.0472. The van der Waals surface area contributed by atoms with Gasteiger partial charge in [0.05, 0.1) is 5.25 Å². The molecular formula is C16H26N2O2S2. The summed E-state index contributed by atoms with van der Waals surface area (Å²) in [5, 5.41) is 10.3. The van der Waals surface area contributed by atoms with Crippen LogP contribution in [0.15, 0.2) is 16.8 Å². The highest BCUT2D eigenvalue weighted by Crippen LogP contribution is 2.23. The van der Waals surface area contributed by atoms with E-state index in [1.54, 1.807) is 11.3 Å². The number of thiophene rings is 1. The van der Waals surface area contributed by atoms with Gasteiger partial charge in [-0.3, -0.25) is 4.21 Å². The molecule has 0 bridgehead atoms. The van der Waals surface area contributed by atoms with E-state index >= 15 is 0 Å². The van der Waals surface area contributed by atoms with Crippen molar-refractivity contribution in [1.82, 2.24) is 10.6 Å². The lowest BCUT2D eigenvalue weighted by molar-refractivity contribution is 0.232. The molecule has 2 amide bonds. The molecule has 0 unspecified atom stereocenters. The fourth-order valence-corrected chi connectivity index (χ4v) is 5.14. The second-order valence-corrected chi connectivity index (χ2v) is 8.64. The number of hydrogen-bond donors (Lipinski definition) is 2. The SMILES string of the molecule is CC[S@](=O)[C@@H]1CCCC[C@H]1NC(=O)NC[C@@H](C)c1ccsc1. The molecule has 22 heavy (non-hydrogen) atoms. The molecule has 0 radical (unpaired) electrons. The smallest absolute Gasteiger partial charge is 0.315 e. The maximum atomic E-state index is 12.1. The minimum Gasteiger partial charge on any atom is -0.338 e. The van der Waals surface area contributed by atoms with Crippen molar-refractivity contribution in [3.63, 3.8) is 0 Å². The monoisotopic (exact) mass is 342 g/mol. The zero-order valence-corrected chi connectivity index (χ0v) is 15.0. The highest BCUT2D eigenvalue weighted by atomic mass is 32.2. The molecular weight excluding hydrogens is 316 g/mol. The fraction of sp³-hybridized carbons (Fsp3) is 0.688. The Morgan fingerprint density at radius 3 is 2.91 bits per heavy atom. The van der Waals surface area contributed by atoms with Crippen molar-refractivity contribution in [3.8, 4) is 0 Å². The Kier molecular flexibility index (Phi) is 6.89. The molecule has 0 spiro atoms. The lowest BCUT2D eigenvalue weighted by atomic mass is 9.95. The lowest BCUT2D eigenvalue weighted by Crippen LogP contribution is -2.51. The number of nitrogens with one attached hydrogen (secondary N) is 2. The summed E-state index contributed by atoms with van der Waals surface area (Å²) in [7, 11) is -0.838. The minimum atomic E-state index is -0.838. The standard InChI is InChI=1S/C16H26N2O2S2/c1-3-22(20)15-7-5-4-6-14(15)18-16(19)17-10-12(2)13-8-9-21-11-13/h8-9,11-12,14-15H,3-7,10H2,1-2H3,(H2,17,18,19)/t12-,14-,15-,22+/m1/s1.